The number of amidine groups is 1. The average Bonchev–Trinajstić information content (AvgIpc) is 3.41. The molecular formula is C30H43F2N8O+. The third kappa shape index (κ3) is 6.46. The minimum atomic E-state index is -2.64. The number of aryl methyl sites for hydroxylation is 2. The first-order valence-corrected chi connectivity index (χ1v) is 14.8. The molecule has 3 aliphatic rings. The van der Waals surface area contributed by atoms with Gasteiger partial charge in [0, 0.05) is 69.1 Å². The Balaban J connectivity index is 1.50. The Morgan fingerprint density at radius 2 is 2.00 bits per heavy atom. The number of nitrogens with one attached hydrogen (secondary N) is 1. The molecule has 9 nitrogen and oxygen atoms in total. The van der Waals surface area contributed by atoms with E-state index in [1.807, 2.05) is 15.5 Å². The van der Waals surface area contributed by atoms with Gasteiger partial charge in [0.15, 0.2) is 0 Å². The number of nitrogens with two attached hydrogens (primary N) is 2. The second-order valence-electron chi connectivity index (χ2n) is 11.5. The van der Waals surface area contributed by atoms with Crippen molar-refractivity contribution in [3.8, 4) is 11.1 Å². The highest BCUT2D eigenvalue weighted by molar-refractivity contribution is 5.96. The summed E-state index contributed by atoms with van der Waals surface area (Å²) in [6.07, 6.45) is 6.12. The van der Waals surface area contributed by atoms with E-state index in [9.17, 15) is 13.6 Å². The number of rotatable bonds is 8. The maximum atomic E-state index is 14.4. The second-order valence-corrected chi connectivity index (χ2v) is 11.5. The van der Waals surface area contributed by atoms with Crippen molar-refractivity contribution in [1.29, 1.82) is 0 Å². The van der Waals surface area contributed by atoms with Crippen LogP contribution >= 0.6 is 0 Å². The van der Waals surface area contributed by atoms with Crippen molar-refractivity contribution in [2.45, 2.75) is 57.9 Å². The van der Waals surface area contributed by atoms with Crippen LogP contribution in [0.1, 0.15) is 56.6 Å². The number of likely N-dealkylation sites (tertiary alicyclic amines) is 1. The number of nitrogens with zero attached hydrogens (tertiary/aromatic N) is 5. The SMILES string of the molecule is CC(=O)N1CCC(NC2CCN(CCCN)CC2)=C(C(N)=[N+]2CCCc3cc(-c4cnn(C)c4)c(C(F)F)cc32)C1. The Bertz CT molecular complexity index is 1330. The van der Waals surface area contributed by atoms with Crippen LogP contribution in [0.5, 0.6) is 0 Å². The van der Waals surface area contributed by atoms with Crippen LogP contribution in [0.4, 0.5) is 14.5 Å². The zero-order chi connectivity index (χ0) is 29.1. The Kier molecular flexibility index (Phi) is 9.03. The average molecular weight is 570 g/mol. The zero-order valence-electron chi connectivity index (χ0n) is 24.2. The lowest BCUT2D eigenvalue weighted by molar-refractivity contribution is -0.447. The number of carbonyl (C=O) groups excluding carboxylic acids is 1. The standard InChI is InChI=1S/C30H42F2N8O/c1-20(41)39-14-8-27(36-23-6-12-38(13-7-23)10-4-9-33)26(19-39)30(34)40-11-3-5-21-15-24(22-17-35-37(2)18-22)25(29(31)32)16-28(21)40/h15-18,23,29H,3-14,19,33H2,1-2H3,(H2,34,36)/p+1. The van der Waals surface area contributed by atoms with Crippen molar-refractivity contribution in [3.63, 3.8) is 0 Å². The van der Waals surface area contributed by atoms with Gasteiger partial charge in [-0.2, -0.15) is 5.10 Å². The Hall–Kier alpha value is -3.31. The molecule has 0 saturated carbocycles. The molecule has 0 unspecified atom stereocenters. The van der Waals surface area contributed by atoms with Gasteiger partial charge >= 0.3 is 0 Å². The number of benzene rings is 1. The van der Waals surface area contributed by atoms with Crippen LogP contribution in [-0.2, 0) is 18.3 Å². The van der Waals surface area contributed by atoms with Gasteiger partial charge in [-0.05, 0) is 68.5 Å². The Morgan fingerprint density at radius 3 is 2.66 bits per heavy atom. The number of alkyl halides is 2. The number of hydrogen-bond donors (Lipinski definition) is 3. The van der Waals surface area contributed by atoms with Gasteiger partial charge in [-0.15, -0.1) is 0 Å². The molecule has 222 valence electrons. The molecular weight excluding hydrogens is 526 g/mol. The summed E-state index contributed by atoms with van der Waals surface area (Å²) in [5.74, 6) is 0.539. The third-order valence-corrected chi connectivity index (χ3v) is 8.66. The number of aromatic nitrogens is 2. The fourth-order valence-electron chi connectivity index (χ4n) is 6.34. The van der Waals surface area contributed by atoms with Crippen LogP contribution in [0.3, 0.4) is 0 Å². The molecule has 2 aromatic rings. The lowest BCUT2D eigenvalue weighted by Crippen LogP contribution is -2.47. The van der Waals surface area contributed by atoms with Gasteiger partial charge in [-0.3, -0.25) is 15.2 Å². The summed E-state index contributed by atoms with van der Waals surface area (Å²) in [5.41, 5.74) is 17.4. The highest BCUT2D eigenvalue weighted by Gasteiger charge is 2.32. The highest BCUT2D eigenvalue weighted by atomic mass is 19.3. The predicted octanol–water partition coefficient (Wildman–Crippen LogP) is 2.88. The summed E-state index contributed by atoms with van der Waals surface area (Å²) < 4.78 is 32.4. The van der Waals surface area contributed by atoms with Gasteiger partial charge < -0.3 is 20.9 Å². The van der Waals surface area contributed by atoms with Crippen LogP contribution in [0, 0.1) is 0 Å². The minimum absolute atomic E-state index is 0.00250. The molecule has 0 radical (unpaired) electrons. The summed E-state index contributed by atoms with van der Waals surface area (Å²) in [4.78, 5) is 16.6. The molecule has 5 N–H and O–H groups in total. The van der Waals surface area contributed by atoms with E-state index in [4.69, 9.17) is 11.5 Å². The maximum Gasteiger partial charge on any atom is 0.279 e. The number of hydrogen-bond acceptors (Lipinski definition) is 5. The number of halogens is 2. The van der Waals surface area contributed by atoms with Gasteiger partial charge in [0.05, 0.1) is 24.9 Å². The topological polar surface area (TPSA) is 108 Å². The molecule has 1 aromatic heterocycles. The minimum Gasteiger partial charge on any atom is -0.385 e. The predicted molar refractivity (Wildman–Crippen MR) is 156 cm³/mol. The van der Waals surface area contributed by atoms with Gasteiger partial charge in [0.25, 0.3) is 12.3 Å². The van der Waals surface area contributed by atoms with Gasteiger partial charge in [-0.1, -0.05) is 0 Å². The lowest BCUT2D eigenvalue weighted by Gasteiger charge is -2.36. The molecule has 1 amide bonds. The fourth-order valence-corrected chi connectivity index (χ4v) is 6.34. The molecule has 0 atom stereocenters. The van der Waals surface area contributed by atoms with Crippen molar-refractivity contribution in [2.75, 3.05) is 45.8 Å². The van der Waals surface area contributed by atoms with Gasteiger partial charge in [0.2, 0.25) is 5.91 Å². The van der Waals surface area contributed by atoms with E-state index in [0.717, 1.165) is 74.3 Å². The van der Waals surface area contributed by atoms with E-state index in [1.165, 1.54) is 0 Å². The molecule has 11 heteroatoms. The Morgan fingerprint density at radius 1 is 1.22 bits per heavy atom. The van der Waals surface area contributed by atoms with Crippen molar-refractivity contribution in [1.82, 2.24) is 24.9 Å². The van der Waals surface area contributed by atoms with Gasteiger partial charge in [0.1, 0.15) is 5.69 Å². The zero-order valence-corrected chi connectivity index (χ0v) is 24.2. The molecule has 41 heavy (non-hydrogen) atoms. The normalized spacial score (nSPS) is 20.0. The third-order valence-electron chi connectivity index (χ3n) is 8.66. The van der Waals surface area contributed by atoms with Crippen LogP contribution < -0.4 is 16.8 Å². The van der Waals surface area contributed by atoms with E-state index in [-0.39, 0.29) is 11.5 Å². The van der Waals surface area contributed by atoms with Crippen molar-refractivity contribution in [2.24, 2.45) is 18.5 Å². The maximum absolute atomic E-state index is 14.4. The van der Waals surface area contributed by atoms with Crippen LogP contribution in [0.2, 0.25) is 0 Å². The molecule has 0 bridgehead atoms. The fraction of sp³-hybridized carbons (Fsp3) is 0.567. The number of amides is 1. The number of piperidine rings is 1. The molecule has 5 rings (SSSR count). The summed E-state index contributed by atoms with van der Waals surface area (Å²) in [5, 5.41) is 7.97. The molecule has 0 aliphatic carbocycles. The van der Waals surface area contributed by atoms with Crippen LogP contribution in [-0.4, -0.2) is 87.8 Å². The Labute approximate surface area is 240 Å². The summed E-state index contributed by atoms with van der Waals surface area (Å²) >= 11 is 0. The molecule has 4 heterocycles. The molecule has 1 aromatic carbocycles. The van der Waals surface area contributed by atoms with Gasteiger partial charge in [-0.25, -0.2) is 13.4 Å². The monoisotopic (exact) mass is 569 g/mol. The first kappa shape index (κ1) is 29.2. The quantitative estimate of drug-likeness (QED) is 0.333. The first-order chi connectivity index (χ1) is 19.7. The van der Waals surface area contributed by atoms with E-state index in [1.54, 1.807) is 37.1 Å². The number of carbonyl (C=O) groups is 1. The highest BCUT2D eigenvalue weighted by Crippen LogP contribution is 2.38. The molecule has 3 aliphatic heterocycles. The van der Waals surface area contributed by atoms with Crippen molar-refractivity contribution >= 4 is 17.4 Å². The van der Waals surface area contributed by atoms with E-state index >= 15 is 0 Å². The van der Waals surface area contributed by atoms with E-state index < -0.39 is 6.43 Å². The van der Waals surface area contributed by atoms with Crippen LogP contribution in [0.25, 0.3) is 11.1 Å². The largest absolute Gasteiger partial charge is 0.385 e. The van der Waals surface area contributed by atoms with E-state index in [0.29, 0.717) is 55.6 Å². The number of fused-ring (bicyclic) bond motifs is 1. The van der Waals surface area contributed by atoms with Crippen molar-refractivity contribution in [3.05, 3.63) is 46.9 Å². The summed E-state index contributed by atoms with van der Waals surface area (Å²) in [6.45, 7) is 7.02. The molecule has 0 spiro atoms. The second kappa shape index (κ2) is 12.7. The molecule has 1 saturated heterocycles. The van der Waals surface area contributed by atoms with E-state index in [2.05, 4.69) is 15.3 Å². The summed E-state index contributed by atoms with van der Waals surface area (Å²) in [7, 11) is 1.78. The summed E-state index contributed by atoms with van der Waals surface area (Å²) in [6, 6.07) is 3.80. The first-order valence-electron chi connectivity index (χ1n) is 14.8. The smallest absolute Gasteiger partial charge is 0.279 e. The van der Waals surface area contributed by atoms with Crippen molar-refractivity contribution < 1.29 is 18.2 Å². The van der Waals surface area contributed by atoms with Crippen LogP contribution in [0.15, 0.2) is 35.8 Å². The molecule has 1 fully saturated rings. The lowest BCUT2D eigenvalue weighted by atomic mass is 9.93.